The van der Waals surface area contributed by atoms with Gasteiger partial charge in [-0.25, -0.2) is 8.42 Å². The van der Waals surface area contributed by atoms with Gasteiger partial charge in [0.2, 0.25) is 10.0 Å². The number of anilines is 2. The second kappa shape index (κ2) is 9.60. The first kappa shape index (κ1) is 22.5. The molecule has 0 spiro atoms. The van der Waals surface area contributed by atoms with Crippen molar-refractivity contribution in [1.82, 2.24) is 5.32 Å². The Morgan fingerprint density at radius 2 is 1.64 bits per heavy atom. The van der Waals surface area contributed by atoms with Crippen molar-refractivity contribution < 1.29 is 13.2 Å². The van der Waals surface area contributed by atoms with Crippen LogP contribution in [-0.4, -0.2) is 39.7 Å². The van der Waals surface area contributed by atoms with Crippen LogP contribution in [-0.2, 0) is 10.0 Å². The maximum atomic E-state index is 13.3. The fourth-order valence-electron chi connectivity index (χ4n) is 3.19. The van der Waals surface area contributed by atoms with E-state index in [1.165, 1.54) is 0 Å². The van der Waals surface area contributed by atoms with Crippen molar-refractivity contribution in [1.29, 1.82) is 0 Å². The van der Waals surface area contributed by atoms with E-state index >= 15 is 0 Å². The van der Waals surface area contributed by atoms with Crippen LogP contribution in [0.3, 0.4) is 0 Å². The molecule has 1 fully saturated rings. The smallest absolute Gasteiger partial charge is 0.258 e. The van der Waals surface area contributed by atoms with Crippen LogP contribution in [0.25, 0.3) is 0 Å². The molecule has 0 unspecified atom stereocenters. The molecule has 1 aliphatic heterocycles. The molecule has 0 aliphatic carbocycles. The Hall–Kier alpha value is -1.80. The lowest BCUT2D eigenvalue weighted by Gasteiger charge is -2.35. The highest BCUT2D eigenvalue weighted by molar-refractivity contribution is 7.92. The van der Waals surface area contributed by atoms with E-state index in [9.17, 15) is 13.2 Å². The summed E-state index contributed by atoms with van der Waals surface area (Å²) >= 11 is 6.00. The second-order valence-corrected chi connectivity index (χ2v) is 8.77. The molecule has 2 aromatic carbocycles. The summed E-state index contributed by atoms with van der Waals surface area (Å²) < 4.78 is 25.1. The number of hydrogen-bond acceptors (Lipinski definition) is 4. The Bertz CT molecular complexity index is 897. The molecule has 1 heterocycles. The molecule has 3 rings (SSSR count). The van der Waals surface area contributed by atoms with Gasteiger partial charge >= 0.3 is 0 Å². The topological polar surface area (TPSA) is 78.5 Å². The lowest BCUT2D eigenvalue weighted by atomic mass is 10.0. The number of amides is 1. The first-order valence-corrected chi connectivity index (χ1v) is 11.0. The molecule has 0 atom stereocenters. The maximum absolute atomic E-state index is 13.3. The molecular formula is C19H23Cl2N3O3S. The van der Waals surface area contributed by atoms with Crippen molar-refractivity contribution in [3.8, 4) is 0 Å². The normalized spacial score (nSPS) is 14.8. The van der Waals surface area contributed by atoms with E-state index in [0.717, 1.165) is 37.9 Å². The van der Waals surface area contributed by atoms with Gasteiger partial charge in [-0.15, -0.1) is 12.4 Å². The predicted octanol–water partition coefficient (Wildman–Crippen LogP) is 3.53. The molecule has 9 heteroatoms. The minimum Gasteiger partial charge on any atom is -0.317 e. The summed E-state index contributed by atoms with van der Waals surface area (Å²) in [6, 6.07) is 13.8. The summed E-state index contributed by atoms with van der Waals surface area (Å²) in [6.07, 6.45) is 2.82. The Labute approximate surface area is 176 Å². The first-order chi connectivity index (χ1) is 12.8. The molecule has 0 bridgehead atoms. The van der Waals surface area contributed by atoms with Gasteiger partial charge in [-0.2, -0.15) is 0 Å². The molecule has 0 aromatic heterocycles. The highest BCUT2D eigenvalue weighted by Gasteiger charge is 2.27. The van der Waals surface area contributed by atoms with E-state index in [0.29, 0.717) is 16.3 Å². The zero-order valence-electron chi connectivity index (χ0n) is 15.4. The van der Waals surface area contributed by atoms with Gasteiger partial charge in [0, 0.05) is 28.0 Å². The molecule has 6 nitrogen and oxygen atoms in total. The number of nitrogens with zero attached hydrogens (tertiary/aromatic N) is 1. The average molecular weight is 444 g/mol. The van der Waals surface area contributed by atoms with Crippen LogP contribution >= 0.6 is 24.0 Å². The molecule has 1 amide bonds. The molecule has 1 aliphatic rings. The highest BCUT2D eigenvalue weighted by Crippen LogP contribution is 2.26. The van der Waals surface area contributed by atoms with Crippen molar-refractivity contribution >= 4 is 51.3 Å². The zero-order valence-corrected chi connectivity index (χ0v) is 17.8. The Kier molecular flexibility index (Phi) is 7.71. The summed E-state index contributed by atoms with van der Waals surface area (Å²) in [5, 5.41) is 3.93. The molecule has 1 saturated heterocycles. The quantitative estimate of drug-likeness (QED) is 0.740. The fourth-order valence-corrected chi connectivity index (χ4v) is 3.88. The standard InChI is InChI=1S/C19H22ClN3O3S.ClH/c1-27(25,26)22-16-6-2-14(3-7-16)19(24)23(18-10-12-21-13-11-18)17-8-4-15(20)5-9-17;/h2-9,18,21-22H,10-13H2,1H3;1H. The van der Waals surface area contributed by atoms with E-state index in [1.54, 1.807) is 36.4 Å². The van der Waals surface area contributed by atoms with Crippen LogP contribution in [0.1, 0.15) is 23.2 Å². The SMILES string of the molecule is CS(=O)(=O)Nc1ccc(C(=O)N(c2ccc(Cl)cc2)C2CCNCC2)cc1.Cl. The van der Waals surface area contributed by atoms with Crippen molar-refractivity contribution in [2.24, 2.45) is 0 Å². The molecule has 28 heavy (non-hydrogen) atoms. The van der Waals surface area contributed by atoms with Crippen LogP contribution in [0, 0.1) is 0 Å². The van der Waals surface area contributed by atoms with Crippen molar-refractivity contribution in [2.75, 3.05) is 29.0 Å². The van der Waals surface area contributed by atoms with Gasteiger partial charge in [-0.05, 0) is 74.5 Å². The van der Waals surface area contributed by atoms with Gasteiger partial charge < -0.3 is 10.2 Å². The average Bonchev–Trinajstić information content (AvgIpc) is 2.64. The number of benzene rings is 2. The Balaban J connectivity index is 0.00000280. The van der Waals surface area contributed by atoms with Gasteiger partial charge in [0.05, 0.1) is 6.26 Å². The van der Waals surface area contributed by atoms with Crippen LogP contribution in [0.15, 0.2) is 48.5 Å². The fraction of sp³-hybridized carbons (Fsp3) is 0.316. The van der Waals surface area contributed by atoms with Gasteiger partial charge in [0.15, 0.2) is 0 Å². The predicted molar refractivity (Wildman–Crippen MR) is 116 cm³/mol. The molecule has 0 radical (unpaired) electrons. The van der Waals surface area contributed by atoms with Crippen LogP contribution in [0.2, 0.25) is 5.02 Å². The summed E-state index contributed by atoms with van der Waals surface area (Å²) in [5.41, 5.74) is 1.73. The summed E-state index contributed by atoms with van der Waals surface area (Å²) in [6.45, 7) is 1.72. The largest absolute Gasteiger partial charge is 0.317 e. The molecule has 152 valence electrons. The van der Waals surface area contributed by atoms with Crippen LogP contribution in [0.5, 0.6) is 0 Å². The van der Waals surface area contributed by atoms with Gasteiger partial charge in [-0.1, -0.05) is 11.6 Å². The molecule has 2 N–H and O–H groups in total. The zero-order chi connectivity index (χ0) is 19.4. The lowest BCUT2D eigenvalue weighted by Crippen LogP contribution is -2.46. The maximum Gasteiger partial charge on any atom is 0.258 e. The summed E-state index contributed by atoms with van der Waals surface area (Å²) in [4.78, 5) is 15.1. The van der Waals surface area contributed by atoms with Crippen LogP contribution in [0.4, 0.5) is 11.4 Å². The van der Waals surface area contributed by atoms with Crippen molar-refractivity contribution in [3.05, 3.63) is 59.1 Å². The third-order valence-corrected chi connectivity index (χ3v) is 5.29. The van der Waals surface area contributed by atoms with E-state index in [1.807, 2.05) is 17.0 Å². The number of sulfonamides is 1. The lowest BCUT2D eigenvalue weighted by molar-refractivity contribution is 0.0972. The van der Waals surface area contributed by atoms with Gasteiger partial charge in [0.25, 0.3) is 5.91 Å². The van der Waals surface area contributed by atoms with Gasteiger partial charge in [0.1, 0.15) is 0 Å². The summed E-state index contributed by atoms with van der Waals surface area (Å²) in [7, 11) is -3.36. The number of hydrogen-bond donors (Lipinski definition) is 2. The Morgan fingerprint density at radius 3 is 2.18 bits per heavy atom. The summed E-state index contributed by atoms with van der Waals surface area (Å²) in [5.74, 6) is -0.116. The van der Waals surface area contributed by atoms with E-state index in [-0.39, 0.29) is 24.4 Å². The van der Waals surface area contributed by atoms with E-state index in [2.05, 4.69) is 10.0 Å². The third kappa shape index (κ3) is 5.85. The monoisotopic (exact) mass is 443 g/mol. The van der Waals surface area contributed by atoms with Crippen LogP contribution < -0.4 is 14.9 Å². The minimum atomic E-state index is -3.36. The number of halogens is 2. The second-order valence-electron chi connectivity index (χ2n) is 6.58. The number of piperidine rings is 1. The number of rotatable bonds is 5. The third-order valence-electron chi connectivity index (χ3n) is 4.43. The van der Waals surface area contributed by atoms with E-state index < -0.39 is 10.0 Å². The van der Waals surface area contributed by atoms with Gasteiger partial charge in [-0.3, -0.25) is 9.52 Å². The molecule has 2 aromatic rings. The van der Waals surface area contributed by atoms with Crippen molar-refractivity contribution in [2.45, 2.75) is 18.9 Å². The molecular weight excluding hydrogens is 421 g/mol. The first-order valence-electron chi connectivity index (χ1n) is 8.71. The number of nitrogens with one attached hydrogen (secondary N) is 2. The highest BCUT2D eigenvalue weighted by atomic mass is 35.5. The van der Waals surface area contributed by atoms with Crippen molar-refractivity contribution in [3.63, 3.8) is 0 Å². The minimum absolute atomic E-state index is 0. The Morgan fingerprint density at radius 1 is 1.07 bits per heavy atom. The number of carbonyl (C=O) groups excluding carboxylic acids is 1. The number of carbonyl (C=O) groups is 1. The van der Waals surface area contributed by atoms with E-state index in [4.69, 9.17) is 11.6 Å². The molecule has 0 saturated carbocycles.